The van der Waals surface area contributed by atoms with E-state index in [2.05, 4.69) is 5.32 Å². The molecule has 2 heterocycles. The van der Waals surface area contributed by atoms with Gasteiger partial charge in [0.1, 0.15) is 0 Å². The maximum Gasteiger partial charge on any atom is 0.247 e. The van der Waals surface area contributed by atoms with Gasteiger partial charge < -0.3 is 4.90 Å². The van der Waals surface area contributed by atoms with Crippen LogP contribution in [0.3, 0.4) is 0 Å². The summed E-state index contributed by atoms with van der Waals surface area (Å²) in [6.45, 7) is 5.56. The molecule has 0 radical (unpaired) electrons. The van der Waals surface area contributed by atoms with E-state index in [4.69, 9.17) is 0 Å². The number of hydrogen-bond donors (Lipinski definition) is 1. The fourth-order valence-corrected chi connectivity index (χ4v) is 2.92. The number of nitrogens with zero attached hydrogens (tertiary/aromatic N) is 2. The van der Waals surface area contributed by atoms with Gasteiger partial charge in [0.05, 0.1) is 19.0 Å². The summed E-state index contributed by atoms with van der Waals surface area (Å²) in [5.74, 6) is -0.310. The van der Waals surface area contributed by atoms with E-state index in [0.717, 1.165) is 32.4 Å². The Labute approximate surface area is 125 Å². The first-order chi connectivity index (χ1) is 10.0. The largest absolute Gasteiger partial charge is 0.342 e. The lowest BCUT2D eigenvalue weighted by Crippen LogP contribution is -2.47. The molecule has 118 valence electrons. The molecule has 2 fully saturated rings. The van der Waals surface area contributed by atoms with Crippen molar-refractivity contribution in [3.05, 3.63) is 0 Å². The molecular weight excluding hydrogens is 270 g/mol. The Morgan fingerprint density at radius 3 is 2.57 bits per heavy atom. The van der Waals surface area contributed by atoms with Gasteiger partial charge in [-0.05, 0) is 32.6 Å². The Hall–Kier alpha value is -1.43. The maximum absolute atomic E-state index is 12.2. The van der Waals surface area contributed by atoms with Gasteiger partial charge in [0.15, 0.2) is 0 Å². The highest BCUT2D eigenvalue weighted by Gasteiger charge is 2.40. The SMILES string of the molecule is CCC(C)N1C(=O)CC(NCC(=O)N2CCCCC2)C1=O. The summed E-state index contributed by atoms with van der Waals surface area (Å²) < 4.78 is 0. The number of nitrogens with one attached hydrogen (secondary N) is 1. The molecule has 0 aliphatic carbocycles. The third-order valence-corrected chi connectivity index (χ3v) is 4.42. The fourth-order valence-electron chi connectivity index (χ4n) is 2.92. The molecule has 2 aliphatic heterocycles. The summed E-state index contributed by atoms with van der Waals surface area (Å²) in [5, 5.41) is 2.96. The fraction of sp³-hybridized carbons (Fsp3) is 0.800. The van der Waals surface area contributed by atoms with Gasteiger partial charge in [-0.3, -0.25) is 24.6 Å². The lowest BCUT2D eigenvalue weighted by atomic mass is 10.1. The van der Waals surface area contributed by atoms with E-state index in [9.17, 15) is 14.4 Å². The highest BCUT2D eigenvalue weighted by molar-refractivity contribution is 6.06. The second-order valence-electron chi connectivity index (χ2n) is 5.94. The minimum atomic E-state index is -0.541. The van der Waals surface area contributed by atoms with Crippen LogP contribution in [0.15, 0.2) is 0 Å². The summed E-state index contributed by atoms with van der Waals surface area (Å²) in [6, 6.07) is -0.616. The topological polar surface area (TPSA) is 69.7 Å². The molecule has 6 heteroatoms. The van der Waals surface area contributed by atoms with E-state index in [1.165, 1.54) is 11.3 Å². The first-order valence-corrected chi connectivity index (χ1v) is 7.91. The Morgan fingerprint density at radius 2 is 1.95 bits per heavy atom. The number of carbonyl (C=O) groups excluding carboxylic acids is 3. The molecule has 0 aromatic carbocycles. The first-order valence-electron chi connectivity index (χ1n) is 7.91. The zero-order valence-electron chi connectivity index (χ0n) is 12.9. The van der Waals surface area contributed by atoms with Crippen molar-refractivity contribution >= 4 is 17.7 Å². The first kappa shape index (κ1) is 15.9. The molecule has 0 spiro atoms. The maximum atomic E-state index is 12.2. The highest BCUT2D eigenvalue weighted by atomic mass is 16.2. The molecule has 2 rings (SSSR count). The van der Waals surface area contributed by atoms with Crippen molar-refractivity contribution in [2.75, 3.05) is 19.6 Å². The monoisotopic (exact) mass is 295 g/mol. The molecular formula is C15H25N3O3. The molecule has 3 amide bonds. The summed E-state index contributed by atoms with van der Waals surface area (Å²) in [6.07, 6.45) is 4.19. The number of imide groups is 1. The molecule has 21 heavy (non-hydrogen) atoms. The van der Waals surface area contributed by atoms with Crippen LogP contribution in [0.4, 0.5) is 0 Å². The third kappa shape index (κ3) is 3.61. The standard InChI is InChI=1S/C15H25N3O3/c1-3-11(2)18-13(19)9-12(15(18)21)16-10-14(20)17-7-5-4-6-8-17/h11-12,16H,3-10H2,1-2H3. The number of hydrogen-bond acceptors (Lipinski definition) is 4. The van der Waals surface area contributed by atoms with Gasteiger partial charge in [-0.2, -0.15) is 0 Å². The molecule has 0 bridgehead atoms. The van der Waals surface area contributed by atoms with Crippen LogP contribution in [0, 0.1) is 0 Å². The molecule has 2 unspecified atom stereocenters. The molecule has 1 N–H and O–H groups in total. The van der Waals surface area contributed by atoms with Crippen molar-refractivity contribution in [2.24, 2.45) is 0 Å². The average Bonchev–Trinajstić information content (AvgIpc) is 2.79. The van der Waals surface area contributed by atoms with Crippen molar-refractivity contribution in [1.82, 2.24) is 15.1 Å². The van der Waals surface area contributed by atoms with Gasteiger partial charge in [0.25, 0.3) is 0 Å². The van der Waals surface area contributed by atoms with E-state index < -0.39 is 6.04 Å². The Kier molecular flexibility index (Phi) is 5.33. The quantitative estimate of drug-likeness (QED) is 0.751. The van der Waals surface area contributed by atoms with Gasteiger partial charge in [-0.1, -0.05) is 6.92 Å². The van der Waals surface area contributed by atoms with E-state index in [1.54, 1.807) is 0 Å². The lowest BCUT2D eigenvalue weighted by molar-refractivity contribution is -0.141. The van der Waals surface area contributed by atoms with Gasteiger partial charge in [-0.25, -0.2) is 0 Å². The van der Waals surface area contributed by atoms with E-state index in [1.807, 2.05) is 18.7 Å². The van der Waals surface area contributed by atoms with Crippen LogP contribution in [0.2, 0.25) is 0 Å². The zero-order valence-corrected chi connectivity index (χ0v) is 12.9. The molecule has 6 nitrogen and oxygen atoms in total. The molecule has 0 saturated carbocycles. The van der Waals surface area contributed by atoms with Crippen molar-refractivity contribution in [2.45, 2.75) is 58.0 Å². The molecule has 2 aliphatic rings. The van der Waals surface area contributed by atoms with Gasteiger partial charge in [0.2, 0.25) is 17.7 Å². The average molecular weight is 295 g/mol. The number of rotatable bonds is 5. The molecule has 0 aromatic rings. The minimum absolute atomic E-state index is 0.0249. The third-order valence-electron chi connectivity index (χ3n) is 4.42. The predicted octanol–water partition coefficient (Wildman–Crippen LogP) is 0.515. The lowest BCUT2D eigenvalue weighted by Gasteiger charge is -2.27. The van der Waals surface area contributed by atoms with Crippen LogP contribution in [0.25, 0.3) is 0 Å². The van der Waals surface area contributed by atoms with Crippen LogP contribution in [0.1, 0.15) is 46.0 Å². The normalized spacial score (nSPS) is 24.6. The van der Waals surface area contributed by atoms with Crippen LogP contribution < -0.4 is 5.32 Å². The van der Waals surface area contributed by atoms with Crippen LogP contribution in [-0.2, 0) is 14.4 Å². The smallest absolute Gasteiger partial charge is 0.247 e. The van der Waals surface area contributed by atoms with Crippen molar-refractivity contribution < 1.29 is 14.4 Å². The highest BCUT2D eigenvalue weighted by Crippen LogP contribution is 2.18. The van der Waals surface area contributed by atoms with Gasteiger partial charge in [-0.15, -0.1) is 0 Å². The molecule has 2 atom stereocenters. The minimum Gasteiger partial charge on any atom is -0.342 e. The van der Waals surface area contributed by atoms with Crippen molar-refractivity contribution in [3.8, 4) is 0 Å². The van der Waals surface area contributed by atoms with Crippen LogP contribution in [0.5, 0.6) is 0 Å². The number of piperidine rings is 1. The van der Waals surface area contributed by atoms with Crippen LogP contribution in [-0.4, -0.2) is 59.2 Å². The summed E-state index contributed by atoms with van der Waals surface area (Å²) >= 11 is 0. The van der Waals surface area contributed by atoms with E-state index in [0.29, 0.717) is 0 Å². The summed E-state index contributed by atoms with van der Waals surface area (Å²) in [7, 11) is 0. The number of carbonyl (C=O) groups is 3. The Balaban J connectivity index is 1.85. The second-order valence-corrected chi connectivity index (χ2v) is 5.94. The van der Waals surface area contributed by atoms with E-state index >= 15 is 0 Å². The molecule has 2 saturated heterocycles. The summed E-state index contributed by atoms with van der Waals surface area (Å²) in [4.78, 5) is 39.4. The number of amides is 3. The Morgan fingerprint density at radius 1 is 1.29 bits per heavy atom. The Bertz CT molecular complexity index is 418. The predicted molar refractivity (Wildman–Crippen MR) is 78.4 cm³/mol. The van der Waals surface area contributed by atoms with Gasteiger partial charge in [0, 0.05) is 19.1 Å². The number of likely N-dealkylation sites (tertiary alicyclic amines) is 2. The second kappa shape index (κ2) is 7.02. The van der Waals surface area contributed by atoms with Crippen molar-refractivity contribution in [1.29, 1.82) is 0 Å². The van der Waals surface area contributed by atoms with Crippen molar-refractivity contribution in [3.63, 3.8) is 0 Å². The van der Waals surface area contributed by atoms with Crippen LogP contribution >= 0.6 is 0 Å². The van der Waals surface area contributed by atoms with Gasteiger partial charge >= 0.3 is 0 Å². The zero-order chi connectivity index (χ0) is 15.4. The van der Waals surface area contributed by atoms with E-state index in [-0.39, 0.29) is 36.7 Å². The molecule has 0 aromatic heterocycles. The summed E-state index contributed by atoms with van der Waals surface area (Å²) in [5.41, 5.74) is 0.